The number of hydrogen-bond donors (Lipinski definition) is 2. The number of H-pyrrole nitrogens is 1. The molecule has 3 aromatic heterocycles. The lowest BCUT2D eigenvalue weighted by Gasteiger charge is -2.32. The monoisotopic (exact) mass is 468 g/mol. The summed E-state index contributed by atoms with van der Waals surface area (Å²) in [6, 6.07) is 7.45. The largest absolute Gasteiger partial charge is 0.346 e. The molecule has 2 N–H and O–H groups in total. The Bertz CT molecular complexity index is 1410. The number of aromatic nitrogens is 4. The fourth-order valence-electron chi connectivity index (χ4n) is 5.50. The summed E-state index contributed by atoms with van der Waals surface area (Å²) in [5, 5.41) is 9.23. The maximum Gasteiger partial charge on any atom is 0.257 e. The number of aryl methyl sites for hydroxylation is 1. The van der Waals surface area contributed by atoms with Gasteiger partial charge in [0, 0.05) is 54.7 Å². The zero-order chi connectivity index (χ0) is 24.1. The molecule has 0 unspecified atom stereocenters. The highest BCUT2D eigenvalue weighted by Gasteiger charge is 2.29. The molecule has 2 aliphatic rings. The van der Waals surface area contributed by atoms with E-state index in [1.165, 1.54) is 39.6 Å². The summed E-state index contributed by atoms with van der Waals surface area (Å²) < 4.78 is 1.85. The lowest BCUT2D eigenvalue weighted by Crippen LogP contribution is -2.37. The maximum atomic E-state index is 13.3. The number of carbonyl (C=O) groups is 1. The van der Waals surface area contributed by atoms with Crippen LogP contribution in [0.3, 0.4) is 0 Å². The highest BCUT2D eigenvalue weighted by Crippen LogP contribution is 2.36. The van der Waals surface area contributed by atoms with E-state index in [2.05, 4.69) is 59.4 Å². The summed E-state index contributed by atoms with van der Waals surface area (Å²) in [6.07, 6.45) is 10.7. The summed E-state index contributed by atoms with van der Waals surface area (Å²) in [5.74, 6) is 0.0644. The molecule has 35 heavy (non-hydrogen) atoms. The molecule has 1 fully saturated rings. The molecule has 1 saturated heterocycles. The lowest BCUT2D eigenvalue weighted by atomic mass is 9.87. The van der Waals surface area contributed by atoms with E-state index >= 15 is 0 Å². The maximum absolute atomic E-state index is 13.3. The Labute approximate surface area is 205 Å². The van der Waals surface area contributed by atoms with E-state index in [0.717, 1.165) is 30.6 Å². The van der Waals surface area contributed by atoms with Gasteiger partial charge in [0.1, 0.15) is 5.65 Å². The number of nitrogens with zero attached hydrogens (tertiary/aromatic N) is 4. The van der Waals surface area contributed by atoms with Crippen molar-refractivity contribution in [2.45, 2.75) is 58.7 Å². The van der Waals surface area contributed by atoms with Gasteiger partial charge in [-0.25, -0.2) is 4.98 Å². The highest BCUT2D eigenvalue weighted by atomic mass is 16.2. The van der Waals surface area contributed by atoms with E-state index in [1.807, 2.05) is 28.2 Å². The molecule has 0 spiro atoms. The Kier molecular flexibility index (Phi) is 5.44. The fourth-order valence-corrected chi connectivity index (χ4v) is 5.50. The third-order valence-electron chi connectivity index (χ3n) is 7.55. The molecule has 0 saturated carbocycles. The smallest absolute Gasteiger partial charge is 0.257 e. The Balaban J connectivity index is 1.37. The van der Waals surface area contributed by atoms with Crippen molar-refractivity contribution in [2.75, 3.05) is 13.1 Å². The Morgan fingerprint density at radius 1 is 1.17 bits per heavy atom. The molecule has 1 amide bonds. The van der Waals surface area contributed by atoms with Crippen LogP contribution in [0, 0.1) is 6.92 Å². The summed E-state index contributed by atoms with van der Waals surface area (Å²) in [7, 11) is 0. The first kappa shape index (κ1) is 22.0. The van der Waals surface area contributed by atoms with Crippen LogP contribution in [0.2, 0.25) is 0 Å². The van der Waals surface area contributed by atoms with Gasteiger partial charge in [0.25, 0.3) is 5.91 Å². The summed E-state index contributed by atoms with van der Waals surface area (Å²) in [5.41, 5.74) is 9.13. The van der Waals surface area contributed by atoms with E-state index in [1.54, 1.807) is 6.20 Å². The zero-order valence-electron chi connectivity index (χ0n) is 20.6. The van der Waals surface area contributed by atoms with Crippen LogP contribution in [-0.2, 0) is 13.0 Å². The van der Waals surface area contributed by atoms with E-state index in [0.29, 0.717) is 24.7 Å². The van der Waals surface area contributed by atoms with Crippen LogP contribution in [0.1, 0.15) is 71.4 Å². The van der Waals surface area contributed by atoms with Crippen LogP contribution in [0.4, 0.5) is 0 Å². The van der Waals surface area contributed by atoms with Gasteiger partial charge in [-0.15, -0.1) is 0 Å². The van der Waals surface area contributed by atoms with Crippen molar-refractivity contribution in [3.05, 3.63) is 70.8 Å². The van der Waals surface area contributed by atoms with Gasteiger partial charge in [-0.2, -0.15) is 5.10 Å². The molecule has 0 radical (unpaired) electrons. The second-order valence-electron chi connectivity index (χ2n) is 10.2. The first-order chi connectivity index (χ1) is 17.0. The first-order valence-electron chi connectivity index (χ1n) is 12.6. The minimum atomic E-state index is 0.0644. The van der Waals surface area contributed by atoms with Gasteiger partial charge >= 0.3 is 0 Å². The van der Waals surface area contributed by atoms with Crippen LogP contribution in [0.25, 0.3) is 22.2 Å². The molecular weight excluding hydrogens is 436 g/mol. The Morgan fingerprint density at radius 3 is 2.83 bits per heavy atom. The quantitative estimate of drug-likeness (QED) is 0.445. The summed E-state index contributed by atoms with van der Waals surface area (Å²) in [4.78, 5) is 23.2. The molecule has 0 bridgehead atoms. The van der Waals surface area contributed by atoms with Crippen LogP contribution in [0.15, 0.2) is 43.0 Å². The summed E-state index contributed by atoms with van der Waals surface area (Å²) >= 11 is 0. The number of pyridine rings is 1. The minimum absolute atomic E-state index is 0.0644. The van der Waals surface area contributed by atoms with Crippen LogP contribution < -0.4 is 5.32 Å². The second-order valence-corrected chi connectivity index (χ2v) is 10.2. The molecule has 180 valence electrons. The molecule has 2 aliphatic heterocycles. The number of amides is 1. The van der Waals surface area contributed by atoms with Crippen LogP contribution >= 0.6 is 0 Å². The van der Waals surface area contributed by atoms with Crippen molar-refractivity contribution < 1.29 is 4.79 Å². The number of fused-ring (bicyclic) bond motifs is 2. The molecule has 6 rings (SSSR count). The molecule has 7 nitrogen and oxygen atoms in total. The van der Waals surface area contributed by atoms with Gasteiger partial charge < -0.3 is 15.2 Å². The molecular formula is C28H32N6O. The van der Waals surface area contributed by atoms with Crippen LogP contribution in [-0.4, -0.2) is 43.6 Å². The first-order valence-corrected chi connectivity index (χ1v) is 12.6. The average Bonchev–Trinajstić information content (AvgIpc) is 3.64. The Hall–Kier alpha value is -3.45. The van der Waals surface area contributed by atoms with Gasteiger partial charge in [0.15, 0.2) is 0 Å². The zero-order valence-corrected chi connectivity index (χ0v) is 20.6. The SMILES string of the molecule is Cc1c[nH]c2ncc(-c3cc4c(c([C@@H]5CCCN5)c3)CN(C(=O)c3cnn(C(C)C)c3)CC4)cc12. The van der Waals surface area contributed by atoms with E-state index in [9.17, 15) is 4.79 Å². The minimum Gasteiger partial charge on any atom is -0.346 e. The number of aromatic amines is 1. The Morgan fingerprint density at radius 2 is 2.06 bits per heavy atom. The van der Waals surface area contributed by atoms with Gasteiger partial charge in [0.2, 0.25) is 0 Å². The molecule has 1 aromatic carbocycles. The number of benzene rings is 1. The predicted octanol–water partition coefficient (Wildman–Crippen LogP) is 4.94. The van der Waals surface area contributed by atoms with Crippen molar-refractivity contribution in [3.8, 4) is 11.1 Å². The number of hydrogen-bond acceptors (Lipinski definition) is 4. The van der Waals surface area contributed by atoms with Crippen molar-refractivity contribution in [1.82, 2.24) is 30.0 Å². The number of carbonyl (C=O) groups excluding carboxylic acids is 1. The van der Waals surface area contributed by atoms with E-state index < -0.39 is 0 Å². The van der Waals surface area contributed by atoms with Gasteiger partial charge in [0.05, 0.1) is 11.8 Å². The molecule has 5 heterocycles. The van der Waals surface area contributed by atoms with Gasteiger partial charge in [-0.05, 0) is 86.5 Å². The van der Waals surface area contributed by atoms with E-state index in [-0.39, 0.29) is 11.9 Å². The normalized spacial score (nSPS) is 17.9. The number of rotatable bonds is 4. The van der Waals surface area contributed by atoms with Crippen molar-refractivity contribution in [2.24, 2.45) is 0 Å². The van der Waals surface area contributed by atoms with Crippen molar-refractivity contribution >= 4 is 16.9 Å². The molecule has 0 aliphatic carbocycles. The molecule has 4 aromatic rings. The second kappa shape index (κ2) is 8.64. The third kappa shape index (κ3) is 3.93. The van der Waals surface area contributed by atoms with Crippen LogP contribution in [0.5, 0.6) is 0 Å². The molecule has 1 atom stereocenters. The molecule has 7 heteroatoms. The standard InChI is InChI=1S/C28H32N6O/c1-17(2)34-15-22(14-32-34)28(35)33-8-6-19-9-20(10-24(25(19)16-33)26-5-4-7-29-26)21-11-23-18(3)12-30-27(23)31-13-21/h9-15,17,26,29H,4-8,16H2,1-3H3,(H,30,31)/t26-/m0/s1. The topological polar surface area (TPSA) is 78.8 Å². The van der Waals surface area contributed by atoms with Gasteiger partial charge in [-0.3, -0.25) is 9.48 Å². The fraction of sp³-hybridized carbons (Fsp3) is 0.393. The summed E-state index contributed by atoms with van der Waals surface area (Å²) in [6.45, 7) is 8.65. The average molecular weight is 469 g/mol. The van der Waals surface area contributed by atoms with Crippen molar-refractivity contribution in [3.63, 3.8) is 0 Å². The number of nitrogens with one attached hydrogen (secondary N) is 2. The van der Waals surface area contributed by atoms with E-state index in [4.69, 9.17) is 0 Å². The van der Waals surface area contributed by atoms with Crippen molar-refractivity contribution in [1.29, 1.82) is 0 Å². The highest BCUT2D eigenvalue weighted by molar-refractivity contribution is 5.94. The lowest BCUT2D eigenvalue weighted by molar-refractivity contribution is 0.0734. The van der Waals surface area contributed by atoms with Gasteiger partial charge in [-0.1, -0.05) is 6.07 Å². The predicted molar refractivity (Wildman–Crippen MR) is 137 cm³/mol. The third-order valence-corrected chi connectivity index (χ3v) is 7.55.